The van der Waals surface area contributed by atoms with E-state index in [4.69, 9.17) is 0 Å². The molecule has 0 unspecified atom stereocenters. The van der Waals surface area contributed by atoms with E-state index >= 15 is 0 Å². The molecule has 0 saturated carbocycles. The molecule has 4 heterocycles. The number of anilines is 1. The van der Waals surface area contributed by atoms with Crippen LogP contribution in [0, 0.1) is 0 Å². The lowest BCUT2D eigenvalue weighted by Gasteiger charge is -2.08. The molecule has 0 aliphatic heterocycles. The largest absolute Gasteiger partial charge is 0.339 e. The second kappa shape index (κ2) is 8.01. The van der Waals surface area contributed by atoms with Crippen LogP contribution < -0.4 is 5.32 Å². The first-order valence-electron chi connectivity index (χ1n) is 8.66. The Balaban J connectivity index is 1.43. The molecular weight excluding hydrogens is 372 g/mol. The Morgan fingerprint density at radius 3 is 2.75 bits per heavy atom. The van der Waals surface area contributed by atoms with Crippen LogP contribution in [0.3, 0.4) is 0 Å². The fraction of sp³-hybridized carbons (Fsp3) is 0.100. The van der Waals surface area contributed by atoms with Crippen LogP contribution in [0.5, 0.6) is 0 Å². The second-order valence-electron chi connectivity index (χ2n) is 6.16. The van der Waals surface area contributed by atoms with Crippen LogP contribution in [0.4, 0.5) is 5.13 Å². The molecule has 0 spiro atoms. The van der Waals surface area contributed by atoms with Crippen LogP contribution in [-0.2, 0) is 13.6 Å². The maximum atomic E-state index is 12.7. The van der Waals surface area contributed by atoms with Gasteiger partial charge in [-0.2, -0.15) is 5.10 Å². The molecule has 8 heteroatoms. The fourth-order valence-corrected chi connectivity index (χ4v) is 3.39. The summed E-state index contributed by atoms with van der Waals surface area (Å²) >= 11 is 1.39. The molecule has 0 aromatic carbocycles. The summed E-state index contributed by atoms with van der Waals surface area (Å²) in [5, 5.41) is 9.61. The standard InChI is InChI=1S/C20H18N6OS/c1-25-12-8-16(24-25)4-5-17-14-28-20(22-17)23-19(27)18-3-2-11-26(18)13-15-6-9-21-10-7-15/h2-12,14H,13H2,1H3,(H,22,23,27)/b5-4+. The number of nitrogens with zero attached hydrogens (tertiary/aromatic N) is 5. The van der Waals surface area contributed by atoms with Crippen molar-refractivity contribution in [1.82, 2.24) is 24.3 Å². The molecule has 4 aromatic rings. The summed E-state index contributed by atoms with van der Waals surface area (Å²) in [5.41, 5.74) is 3.29. The Hall–Kier alpha value is -3.52. The van der Waals surface area contributed by atoms with Crippen LogP contribution >= 0.6 is 11.3 Å². The molecule has 4 aromatic heterocycles. The van der Waals surface area contributed by atoms with Crippen molar-refractivity contribution in [3.8, 4) is 0 Å². The molecule has 4 rings (SSSR count). The third-order valence-corrected chi connectivity index (χ3v) is 4.84. The van der Waals surface area contributed by atoms with Crippen LogP contribution in [-0.4, -0.2) is 30.2 Å². The van der Waals surface area contributed by atoms with Gasteiger partial charge in [-0.25, -0.2) is 4.98 Å². The minimum atomic E-state index is -0.186. The minimum absolute atomic E-state index is 0.186. The fourth-order valence-electron chi connectivity index (χ4n) is 2.72. The third kappa shape index (κ3) is 4.24. The Labute approximate surface area is 166 Å². The van der Waals surface area contributed by atoms with Gasteiger partial charge in [0.1, 0.15) is 5.69 Å². The van der Waals surface area contributed by atoms with Gasteiger partial charge in [-0.1, -0.05) is 0 Å². The summed E-state index contributed by atoms with van der Waals surface area (Å²) in [6.45, 7) is 0.605. The first-order valence-corrected chi connectivity index (χ1v) is 9.54. The average Bonchev–Trinajstić information content (AvgIpc) is 3.42. The van der Waals surface area contributed by atoms with Crippen molar-refractivity contribution >= 4 is 34.5 Å². The van der Waals surface area contributed by atoms with Gasteiger partial charge >= 0.3 is 0 Å². The number of carbonyl (C=O) groups excluding carboxylic acids is 1. The molecule has 0 fully saturated rings. The van der Waals surface area contributed by atoms with Crippen molar-refractivity contribution in [2.24, 2.45) is 7.05 Å². The van der Waals surface area contributed by atoms with E-state index < -0.39 is 0 Å². The number of thiazole rings is 1. The van der Waals surface area contributed by atoms with E-state index in [9.17, 15) is 4.79 Å². The smallest absolute Gasteiger partial charge is 0.274 e. The van der Waals surface area contributed by atoms with Crippen LogP contribution in [0.25, 0.3) is 12.2 Å². The highest BCUT2D eigenvalue weighted by atomic mass is 32.1. The maximum Gasteiger partial charge on any atom is 0.274 e. The summed E-state index contributed by atoms with van der Waals surface area (Å²) in [6, 6.07) is 9.44. The van der Waals surface area contributed by atoms with Gasteiger partial charge in [0.05, 0.1) is 11.4 Å². The van der Waals surface area contributed by atoms with Gasteiger partial charge in [0, 0.05) is 43.8 Å². The highest BCUT2D eigenvalue weighted by Crippen LogP contribution is 2.19. The molecule has 0 saturated heterocycles. The van der Waals surface area contributed by atoms with Gasteiger partial charge in [-0.15, -0.1) is 11.3 Å². The van der Waals surface area contributed by atoms with Crippen molar-refractivity contribution in [3.05, 3.63) is 83.1 Å². The number of hydrogen-bond donors (Lipinski definition) is 1. The molecule has 0 bridgehead atoms. The molecule has 0 radical (unpaired) electrons. The molecule has 0 aliphatic carbocycles. The minimum Gasteiger partial charge on any atom is -0.339 e. The highest BCUT2D eigenvalue weighted by molar-refractivity contribution is 7.14. The first kappa shape index (κ1) is 17.9. The molecule has 0 atom stereocenters. The van der Waals surface area contributed by atoms with Crippen LogP contribution in [0.2, 0.25) is 0 Å². The monoisotopic (exact) mass is 390 g/mol. The quantitative estimate of drug-likeness (QED) is 0.546. The Morgan fingerprint density at radius 2 is 1.96 bits per heavy atom. The van der Waals surface area contributed by atoms with E-state index in [2.05, 4.69) is 20.4 Å². The molecular formula is C20H18N6OS. The Morgan fingerprint density at radius 1 is 1.14 bits per heavy atom. The second-order valence-corrected chi connectivity index (χ2v) is 7.01. The van der Waals surface area contributed by atoms with Crippen LogP contribution in [0.15, 0.2) is 60.5 Å². The number of hydrogen-bond acceptors (Lipinski definition) is 5. The van der Waals surface area contributed by atoms with Crippen molar-refractivity contribution in [2.45, 2.75) is 6.54 Å². The molecule has 0 aliphatic rings. The number of pyridine rings is 1. The molecule has 1 amide bonds. The van der Waals surface area contributed by atoms with Crippen molar-refractivity contribution in [3.63, 3.8) is 0 Å². The normalized spacial score (nSPS) is 11.2. The van der Waals surface area contributed by atoms with E-state index in [0.717, 1.165) is 17.0 Å². The van der Waals surface area contributed by atoms with E-state index in [1.807, 2.05) is 65.8 Å². The molecule has 140 valence electrons. The number of nitrogens with one attached hydrogen (secondary N) is 1. The maximum absolute atomic E-state index is 12.7. The van der Waals surface area contributed by atoms with E-state index in [0.29, 0.717) is 17.4 Å². The van der Waals surface area contributed by atoms with Gasteiger partial charge in [-0.3, -0.25) is 19.8 Å². The SMILES string of the molecule is Cn1ccc(/C=C/c2csc(NC(=O)c3cccn3Cc3ccncc3)n2)n1. The summed E-state index contributed by atoms with van der Waals surface area (Å²) < 4.78 is 3.65. The topological polar surface area (TPSA) is 77.6 Å². The Bertz CT molecular complexity index is 1110. The number of aromatic nitrogens is 5. The number of rotatable bonds is 6. The van der Waals surface area contributed by atoms with Crippen molar-refractivity contribution in [1.29, 1.82) is 0 Å². The molecule has 28 heavy (non-hydrogen) atoms. The summed E-state index contributed by atoms with van der Waals surface area (Å²) in [5.74, 6) is -0.186. The number of carbonyl (C=O) groups is 1. The van der Waals surface area contributed by atoms with Crippen molar-refractivity contribution in [2.75, 3.05) is 5.32 Å². The van der Waals surface area contributed by atoms with Crippen molar-refractivity contribution < 1.29 is 4.79 Å². The number of aryl methyl sites for hydroxylation is 1. The highest BCUT2D eigenvalue weighted by Gasteiger charge is 2.13. The summed E-state index contributed by atoms with van der Waals surface area (Å²) in [4.78, 5) is 21.1. The first-order chi connectivity index (χ1) is 13.7. The predicted octanol–water partition coefficient (Wildman–Crippen LogP) is 3.54. The third-order valence-electron chi connectivity index (χ3n) is 4.07. The van der Waals surface area contributed by atoms with Gasteiger partial charge < -0.3 is 4.57 Å². The van der Waals surface area contributed by atoms with E-state index in [1.165, 1.54) is 11.3 Å². The lowest BCUT2D eigenvalue weighted by molar-refractivity contribution is 0.101. The zero-order chi connectivity index (χ0) is 19.3. The summed E-state index contributed by atoms with van der Waals surface area (Å²) in [7, 11) is 1.87. The number of amides is 1. The zero-order valence-electron chi connectivity index (χ0n) is 15.2. The van der Waals surface area contributed by atoms with E-state index in [1.54, 1.807) is 23.1 Å². The van der Waals surface area contributed by atoms with Gasteiger partial charge in [0.15, 0.2) is 5.13 Å². The lowest BCUT2D eigenvalue weighted by atomic mass is 10.2. The van der Waals surface area contributed by atoms with E-state index in [-0.39, 0.29) is 5.91 Å². The predicted molar refractivity (Wildman–Crippen MR) is 110 cm³/mol. The van der Waals surface area contributed by atoms with Crippen LogP contribution in [0.1, 0.15) is 27.4 Å². The molecule has 1 N–H and O–H groups in total. The summed E-state index contributed by atoms with van der Waals surface area (Å²) in [6.07, 6.45) is 11.0. The van der Waals surface area contributed by atoms with Gasteiger partial charge in [0.25, 0.3) is 5.91 Å². The van der Waals surface area contributed by atoms with Gasteiger partial charge in [0.2, 0.25) is 0 Å². The lowest BCUT2D eigenvalue weighted by Crippen LogP contribution is -2.17. The average molecular weight is 390 g/mol. The Kier molecular flexibility index (Phi) is 5.11. The molecule has 7 nitrogen and oxygen atoms in total. The zero-order valence-corrected chi connectivity index (χ0v) is 16.0. The van der Waals surface area contributed by atoms with Gasteiger partial charge in [-0.05, 0) is 48.0 Å².